The number of para-hydroxylation sites is 1. The topological polar surface area (TPSA) is 104 Å². The first kappa shape index (κ1) is 32.9. The second-order valence-corrected chi connectivity index (χ2v) is 8.61. The van der Waals surface area contributed by atoms with Crippen LogP contribution in [0.1, 0.15) is 55.9 Å². The smallest absolute Gasteiger partial charge is 0.477 e. The Labute approximate surface area is 277 Å². The third-order valence-electron chi connectivity index (χ3n) is 5.79. The molecule has 0 bridgehead atoms. The predicted molar refractivity (Wildman–Crippen MR) is 140 cm³/mol. The van der Waals surface area contributed by atoms with E-state index in [0.717, 1.165) is 29.5 Å². The zero-order valence-electron chi connectivity index (χ0n) is 20.9. The molecule has 3 fully saturated rings. The number of amides is 1. The molecule has 1 aromatic carbocycles. The van der Waals surface area contributed by atoms with Crippen LogP contribution < -0.4 is 74.2 Å². The molecule has 2 aromatic rings. The van der Waals surface area contributed by atoms with Gasteiger partial charge in [-0.3, -0.25) is 3.97 Å². The van der Waals surface area contributed by atoms with Crippen molar-refractivity contribution in [1.29, 1.82) is 0 Å². The normalized spacial score (nSPS) is 19.7. The zero-order chi connectivity index (χ0) is 25.1. The van der Waals surface area contributed by atoms with Gasteiger partial charge in [0.25, 0.3) is 0 Å². The molecule has 0 radical (unpaired) electrons. The van der Waals surface area contributed by atoms with Crippen LogP contribution in [0.25, 0.3) is 16.4 Å². The summed E-state index contributed by atoms with van der Waals surface area (Å²) in [5, 5.41) is 12.2. The molecule has 2 aliphatic carbocycles. The van der Waals surface area contributed by atoms with Crippen LogP contribution in [0.5, 0.6) is 0 Å². The van der Waals surface area contributed by atoms with Gasteiger partial charge in [-0.1, -0.05) is 43.5 Å². The predicted octanol–water partition coefficient (Wildman–Crippen LogP) is 2.22. The molecule has 3 aliphatic rings. The number of benzene rings is 1. The number of thiol groups is 2. The standard InChI is InChI=1S/C9H7NO2S.C7H11N2O2.C7H12O.CH4S.Cs/c11-9(12)8-5-6-3-1-2-4-7(6)10(8)13;1-5-3-6(5)7(8-4-10)9-11-2;1-2-6-8-7(3-1)4-5-7;1-2;/h1-5,13H,(H,11,12);4-5H,3H2,1-2H3,(H,8,10);1-6H2;2H,1H3;/q;-1;;;+1/b;7-6-;;;. The van der Waals surface area contributed by atoms with E-state index in [2.05, 4.69) is 48.0 Å². The van der Waals surface area contributed by atoms with E-state index in [0.29, 0.717) is 23.8 Å². The second kappa shape index (κ2) is 16.7. The zero-order valence-corrected chi connectivity index (χ0v) is 28.9. The molecule has 5 rings (SSSR count). The van der Waals surface area contributed by atoms with E-state index in [-0.39, 0.29) is 74.6 Å². The minimum absolute atomic E-state index is 0. The average molecular weight is 642 g/mol. The van der Waals surface area contributed by atoms with E-state index in [1.807, 2.05) is 24.3 Å². The number of carbonyl (C=O) groups is 2. The van der Waals surface area contributed by atoms with E-state index >= 15 is 0 Å². The fourth-order valence-electron chi connectivity index (χ4n) is 3.66. The number of allylic oxidation sites excluding steroid dienone is 1. The van der Waals surface area contributed by atoms with Crippen LogP contribution in [-0.2, 0) is 14.4 Å². The maximum atomic E-state index is 10.7. The Balaban J connectivity index is 0.000000255. The summed E-state index contributed by atoms with van der Waals surface area (Å²) in [5.41, 5.74) is 6.24. The minimum Gasteiger partial charge on any atom is -0.477 e. The maximum absolute atomic E-state index is 10.7. The van der Waals surface area contributed by atoms with Gasteiger partial charge in [-0.25, -0.2) is 4.79 Å². The number of rotatable bonds is 5. The van der Waals surface area contributed by atoms with E-state index in [9.17, 15) is 9.59 Å². The Hall–Kier alpha value is -0.0881. The molecular formula is C24H34CsN3O5S2. The molecule has 2 saturated carbocycles. The number of aromatic carboxylic acids is 1. The van der Waals surface area contributed by atoms with Gasteiger partial charge in [0.05, 0.1) is 11.1 Å². The molecule has 2 N–H and O–H groups in total. The van der Waals surface area contributed by atoms with Gasteiger partial charge in [-0.15, -0.1) is 0 Å². The number of carboxylic acids is 1. The van der Waals surface area contributed by atoms with Gasteiger partial charge >= 0.3 is 74.9 Å². The SMILES string of the molecule is C1CCC2(CC2)OC1.CO[N-]/C(NC=O)=C1/CC1C.CS.O=C(O)c1cc2ccccc2n1S.[Cs+]. The molecule has 11 heteroatoms. The van der Waals surface area contributed by atoms with Crippen molar-refractivity contribution in [3.63, 3.8) is 0 Å². The Morgan fingerprint density at radius 3 is 2.37 bits per heavy atom. The molecule has 8 nitrogen and oxygen atoms in total. The molecule has 1 spiro atoms. The van der Waals surface area contributed by atoms with Gasteiger partial charge in [0.1, 0.15) is 12.1 Å². The molecule has 188 valence electrons. The van der Waals surface area contributed by atoms with Gasteiger partial charge in [-0.05, 0) is 68.7 Å². The van der Waals surface area contributed by atoms with Crippen LogP contribution in [0.3, 0.4) is 0 Å². The number of hydroxylamine groups is 1. The Morgan fingerprint density at radius 2 is 1.94 bits per heavy atom. The molecule has 1 atom stereocenters. The molecule has 35 heavy (non-hydrogen) atoms. The van der Waals surface area contributed by atoms with Gasteiger partial charge in [0, 0.05) is 19.1 Å². The quantitative estimate of drug-likeness (QED) is 0.228. The van der Waals surface area contributed by atoms with Gasteiger partial charge < -0.3 is 30.3 Å². The fourth-order valence-corrected chi connectivity index (χ4v) is 3.99. The molecule has 2 heterocycles. The van der Waals surface area contributed by atoms with Gasteiger partial charge in [0.15, 0.2) is 0 Å². The van der Waals surface area contributed by atoms with Crippen molar-refractivity contribution in [1.82, 2.24) is 9.29 Å². The third kappa shape index (κ3) is 10.3. The number of hydrogen-bond donors (Lipinski definition) is 4. The van der Waals surface area contributed by atoms with Crippen LogP contribution in [0.4, 0.5) is 0 Å². The van der Waals surface area contributed by atoms with Gasteiger partial charge in [-0.2, -0.15) is 12.6 Å². The molecule has 1 saturated heterocycles. The summed E-state index contributed by atoms with van der Waals surface area (Å²) < 4.78 is 6.95. The first-order chi connectivity index (χ1) is 16.4. The van der Waals surface area contributed by atoms with E-state index in [4.69, 9.17) is 9.84 Å². The van der Waals surface area contributed by atoms with Crippen molar-refractivity contribution in [3.8, 4) is 0 Å². The first-order valence-corrected chi connectivity index (χ1v) is 12.5. The van der Waals surface area contributed by atoms with Crippen LogP contribution in [0.15, 0.2) is 41.7 Å². The largest absolute Gasteiger partial charge is 1.00 e. The van der Waals surface area contributed by atoms with Crippen molar-refractivity contribution in [2.75, 3.05) is 20.0 Å². The Morgan fingerprint density at radius 1 is 1.29 bits per heavy atom. The molecule has 1 aromatic heterocycles. The third-order valence-corrected chi connectivity index (χ3v) is 6.22. The number of carboxylic acid groups (broad SMARTS) is 1. The number of fused-ring (bicyclic) bond motifs is 1. The maximum Gasteiger partial charge on any atom is 1.00 e. The van der Waals surface area contributed by atoms with Gasteiger partial charge in [0.2, 0.25) is 0 Å². The first-order valence-electron chi connectivity index (χ1n) is 11.2. The van der Waals surface area contributed by atoms with E-state index in [1.165, 1.54) is 43.2 Å². The number of carbonyl (C=O) groups excluding carboxylic acids is 1. The average Bonchev–Trinajstić information content (AvgIpc) is 3.75. The number of nitrogens with zero attached hydrogens (tertiary/aromatic N) is 2. The molecular weight excluding hydrogens is 607 g/mol. The van der Waals surface area contributed by atoms with Crippen LogP contribution in [0, 0.1) is 5.92 Å². The number of hydrogen-bond acceptors (Lipinski definition) is 6. The minimum atomic E-state index is -0.966. The van der Waals surface area contributed by atoms with Crippen LogP contribution >= 0.6 is 25.4 Å². The van der Waals surface area contributed by atoms with Crippen molar-refractivity contribution in [2.45, 2.75) is 51.0 Å². The van der Waals surface area contributed by atoms with Crippen molar-refractivity contribution in [2.24, 2.45) is 5.92 Å². The van der Waals surface area contributed by atoms with E-state index in [1.54, 1.807) is 12.3 Å². The van der Waals surface area contributed by atoms with Crippen LogP contribution in [0.2, 0.25) is 0 Å². The summed E-state index contributed by atoms with van der Waals surface area (Å²) >= 11 is 7.62. The van der Waals surface area contributed by atoms with Crippen molar-refractivity contribution < 1.29 is 93.2 Å². The summed E-state index contributed by atoms with van der Waals surface area (Å²) in [4.78, 5) is 25.3. The molecule has 1 amide bonds. The summed E-state index contributed by atoms with van der Waals surface area (Å²) in [6.07, 6.45) is 10.0. The summed E-state index contributed by atoms with van der Waals surface area (Å²) in [6, 6.07) is 9.00. The van der Waals surface area contributed by atoms with Crippen molar-refractivity contribution in [3.05, 3.63) is 52.9 Å². The molecule has 1 unspecified atom stereocenters. The monoisotopic (exact) mass is 641 g/mol. The number of ether oxygens (including phenoxy) is 1. The van der Waals surface area contributed by atoms with Crippen molar-refractivity contribution >= 4 is 48.7 Å². The Bertz CT molecular complexity index is 987. The number of aromatic nitrogens is 1. The summed E-state index contributed by atoms with van der Waals surface area (Å²) in [7, 11) is 1.46. The number of nitrogens with one attached hydrogen (secondary N) is 1. The molecule has 1 aliphatic heterocycles. The summed E-state index contributed by atoms with van der Waals surface area (Å²) in [6.45, 7) is 3.10. The summed E-state index contributed by atoms with van der Waals surface area (Å²) in [5.74, 6) is 0.137. The Kier molecular flexibility index (Phi) is 15.7. The fraction of sp³-hybridized carbons (Fsp3) is 0.500. The van der Waals surface area contributed by atoms with E-state index < -0.39 is 5.97 Å². The second-order valence-electron chi connectivity index (χ2n) is 8.21. The van der Waals surface area contributed by atoms with Crippen LogP contribution in [-0.4, -0.2) is 47.0 Å².